The average Bonchev–Trinajstić information content (AvgIpc) is 3.53. The van der Waals surface area contributed by atoms with Gasteiger partial charge in [-0.2, -0.15) is 0 Å². The fourth-order valence-corrected chi connectivity index (χ4v) is 4.73. The Labute approximate surface area is 196 Å². The Morgan fingerprint density at radius 1 is 1.09 bits per heavy atom. The van der Waals surface area contributed by atoms with Crippen molar-refractivity contribution in [1.82, 2.24) is 9.38 Å². The Hall–Kier alpha value is -4.37. The first-order chi connectivity index (χ1) is 16.6. The number of thiazole rings is 1. The van der Waals surface area contributed by atoms with Crippen LogP contribution >= 0.6 is 11.3 Å². The van der Waals surface area contributed by atoms with Crippen molar-refractivity contribution in [3.05, 3.63) is 87.2 Å². The number of carbonyl (C=O) groups excluding carboxylic acids is 1. The number of carbonyl (C=O) groups is 1. The van der Waals surface area contributed by atoms with Crippen LogP contribution in [0, 0.1) is 0 Å². The number of rotatable bonds is 5. The zero-order chi connectivity index (χ0) is 23.1. The zero-order valence-corrected chi connectivity index (χ0v) is 18.5. The van der Waals surface area contributed by atoms with E-state index >= 15 is 0 Å². The SMILES string of the molecule is O=C(COc1ccc(C=c2sc3nc4ccccc4n3c2=O)cc1)Nc1ccc2c(c1)OCO2. The number of hydrogen-bond acceptors (Lipinski definition) is 7. The third-order valence-electron chi connectivity index (χ3n) is 5.35. The van der Waals surface area contributed by atoms with Gasteiger partial charge in [-0.1, -0.05) is 35.6 Å². The van der Waals surface area contributed by atoms with E-state index in [4.69, 9.17) is 14.2 Å². The minimum absolute atomic E-state index is 0.0887. The van der Waals surface area contributed by atoms with Crippen LogP contribution in [-0.2, 0) is 4.79 Å². The molecule has 168 valence electrons. The molecular formula is C25H17N3O5S. The van der Waals surface area contributed by atoms with Crippen LogP contribution < -0.4 is 29.6 Å². The van der Waals surface area contributed by atoms with Gasteiger partial charge in [-0.25, -0.2) is 9.38 Å². The predicted molar refractivity (Wildman–Crippen MR) is 129 cm³/mol. The van der Waals surface area contributed by atoms with Crippen LogP contribution in [-0.4, -0.2) is 28.7 Å². The highest BCUT2D eigenvalue weighted by atomic mass is 32.1. The maximum atomic E-state index is 12.9. The van der Waals surface area contributed by atoms with Crippen LogP contribution in [0.3, 0.4) is 0 Å². The topological polar surface area (TPSA) is 91.2 Å². The lowest BCUT2D eigenvalue weighted by molar-refractivity contribution is -0.118. The molecule has 0 spiro atoms. The van der Waals surface area contributed by atoms with Crippen molar-refractivity contribution in [2.24, 2.45) is 0 Å². The van der Waals surface area contributed by atoms with Gasteiger partial charge in [0.25, 0.3) is 11.5 Å². The summed E-state index contributed by atoms with van der Waals surface area (Å²) in [4.78, 5) is 30.3. The fraction of sp³-hybridized carbons (Fsp3) is 0.0800. The van der Waals surface area contributed by atoms with Crippen LogP contribution in [0.25, 0.3) is 22.1 Å². The molecule has 9 heteroatoms. The van der Waals surface area contributed by atoms with Crippen molar-refractivity contribution in [3.63, 3.8) is 0 Å². The molecule has 8 nitrogen and oxygen atoms in total. The normalized spacial score (nSPS) is 13.0. The molecule has 0 saturated heterocycles. The second kappa shape index (κ2) is 8.20. The van der Waals surface area contributed by atoms with E-state index in [1.165, 1.54) is 11.3 Å². The summed E-state index contributed by atoms with van der Waals surface area (Å²) in [5.74, 6) is 1.51. The molecular weight excluding hydrogens is 454 g/mol. The molecule has 0 fully saturated rings. The molecule has 6 rings (SSSR count). The standard InChI is InChI=1S/C25H17N3O5S/c29-23(26-16-7-10-20-21(12-16)33-14-32-20)13-31-17-8-5-15(6-9-17)11-22-24(30)28-19-4-2-1-3-18(19)27-25(28)34-22/h1-12H,13-14H2,(H,26,29). The summed E-state index contributed by atoms with van der Waals surface area (Å²) in [6, 6.07) is 20.0. The largest absolute Gasteiger partial charge is 0.484 e. The van der Waals surface area contributed by atoms with E-state index in [2.05, 4.69) is 10.3 Å². The van der Waals surface area contributed by atoms with Gasteiger partial charge in [0.15, 0.2) is 23.1 Å². The first-order valence-electron chi connectivity index (χ1n) is 10.5. The Balaban J connectivity index is 1.14. The summed E-state index contributed by atoms with van der Waals surface area (Å²) in [5, 5.41) is 2.77. The quantitative estimate of drug-likeness (QED) is 0.423. The van der Waals surface area contributed by atoms with Crippen molar-refractivity contribution in [2.45, 2.75) is 0 Å². The van der Waals surface area contributed by atoms with Crippen molar-refractivity contribution < 1.29 is 19.0 Å². The van der Waals surface area contributed by atoms with E-state index < -0.39 is 0 Å². The Morgan fingerprint density at radius 2 is 1.91 bits per heavy atom. The number of aromatic nitrogens is 2. The van der Waals surface area contributed by atoms with Crippen molar-refractivity contribution in [2.75, 3.05) is 18.7 Å². The number of benzene rings is 3. The highest BCUT2D eigenvalue weighted by Crippen LogP contribution is 2.34. The Morgan fingerprint density at radius 3 is 2.79 bits per heavy atom. The second-order valence-corrected chi connectivity index (χ2v) is 8.62. The number of para-hydroxylation sites is 2. The molecule has 1 aliphatic rings. The van der Waals surface area contributed by atoms with E-state index in [0.717, 1.165) is 16.6 Å². The van der Waals surface area contributed by atoms with Gasteiger partial charge < -0.3 is 19.5 Å². The number of imidazole rings is 1. The molecule has 5 aromatic rings. The monoisotopic (exact) mass is 471 g/mol. The van der Waals surface area contributed by atoms with Crippen molar-refractivity contribution >= 4 is 45.0 Å². The van der Waals surface area contributed by atoms with Crippen LogP contribution in [0.1, 0.15) is 5.56 Å². The summed E-state index contributed by atoms with van der Waals surface area (Å²) < 4.78 is 18.4. The maximum Gasteiger partial charge on any atom is 0.274 e. The van der Waals surface area contributed by atoms with Crippen LogP contribution in [0.4, 0.5) is 5.69 Å². The fourth-order valence-electron chi connectivity index (χ4n) is 3.74. The van der Waals surface area contributed by atoms with Gasteiger partial charge in [0.2, 0.25) is 6.79 Å². The van der Waals surface area contributed by atoms with E-state index in [9.17, 15) is 9.59 Å². The van der Waals surface area contributed by atoms with Gasteiger partial charge in [0.1, 0.15) is 5.75 Å². The molecule has 0 saturated carbocycles. The van der Waals surface area contributed by atoms with E-state index in [1.807, 2.05) is 42.5 Å². The van der Waals surface area contributed by atoms with Gasteiger partial charge in [-0.15, -0.1) is 0 Å². The van der Waals surface area contributed by atoms with Crippen LogP contribution in [0.2, 0.25) is 0 Å². The number of fused-ring (bicyclic) bond motifs is 4. The summed E-state index contributed by atoms with van der Waals surface area (Å²) in [6.45, 7) is 0.0355. The second-order valence-electron chi connectivity index (χ2n) is 7.61. The molecule has 1 amide bonds. The number of nitrogens with zero attached hydrogens (tertiary/aromatic N) is 2. The summed E-state index contributed by atoms with van der Waals surface area (Å²) in [6.07, 6.45) is 1.83. The van der Waals surface area contributed by atoms with Gasteiger partial charge in [-0.3, -0.25) is 9.59 Å². The Bertz CT molecular complexity index is 1660. The highest BCUT2D eigenvalue weighted by molar-refractivity contribution is 7.15. The van der Waals surface area contributed by atoms with E-state index in [0.29, 0.717) is 32.4 Å². The minimum Gasteiger partial charge on any atom is -0.484 e. The molecule has 1 aliphatic heterocycles. The smallest absolute Gasteiger partial charge is 0.274 e. The minimum atomic E-state index is -0.292. The highest BCUT2D eigenvalue weighted by Gasteiger charge is 2.14. The predicted octanol–water partition coefficient (Wildman–Crippen LogP) is 3.20. The van der Waals surface area contributed by atoms with Gasteiger partial charge >= 0.3 is 0 Å². The van der Waals surface area contributed by atoms with Gasteiger partial charge in [0, 0.05) is 11.8 Å². The molecule has 34 heavy (non-hydrogen) atoms. The Kier molecular flexibility index (Phi) is 4.88. The van der Waals surface area contributed by atoms with Crippen molar-refractivity contribution in [1.29, 1.82) is 0 Å². The van der Waals surface area contributed by atoms with Gasteiger partial charge in [-0.05, 0) is 48.0 Å². The first-order valence-corrected chi connectivity index (χ1v) is 11.3. The molecule has 0 bridgehead atoms. The number of anilines is 1. The molecule has 0 radical (unpaired) electrons. The first kappa shape index (κ1) is 20.3. The lowest BCUT2D eigenvalue weighted by Gasteiger charge is -2.08. The zero-order valence-electron chi connectivity index (χ0n) is 17.7. The maximum absolute atomic E-state index is 12.9. The van der Waals surface area contributed by atoms with E-state index in [-0.39, 0.29) is 24.9 Å². The number of nitrogens with one attached hydrogen (secondary N) is 1. The van der Waals surface area contributed by atoms with Gasteiger partial charge in [0.05, 0.1) is 15.6 Å². The summed E-state index contributed by atoms with van der Waals surface area (Å²) in [5.41, 5.74) is 2.98. The molecule has 0 atom stereocenters. The molecule has 3 heterocycles. The van der Waals surface area contributed by atoms with Crippen molar-refractivity contribution in [3.8, 4) is 17.2 Å². The number of hydrogen-bond donors (Lipinski definition) is 1. The third kappa shape index (κ3) is 3.71. The molecule has 1 N–H and O–H groups in total. The van der Waals surface area contributed by atoms with E-state index in [1.54, 1.807) is 34.7 Å². The number of amides is 1. The molecule has 0 aliphatic carbocycles. The summed E-state index contributed by atoms with van der Waals surface area (Å²) >= 11 is 1.35. The molecule has 3 aromatic carbocycles. The lowest BCUT2D eigenvalue weighted by Crippen LogP contribution is -2.22. The number of ether oxygens (including phenoxy) is 3. The molecule has 2 aromatic heterocycles. The van der Waals surface area contributed by atoms with Crippen LogP contribution in [0.5, 0.6) is 17.2 Å². The lowest BCUT2D eigenvalue weighted by atomic mass is 10.2. The third-order valence-corrected chi connectivity index (χ3v) is 6.32. The summed E-state index contributed by atoms with van der Waals surface area (Å²) in [7, 11) is 0. The van der Waals surface area contributed by atoms with Crippen LogP contribution in [0.15, 0.2) is 71.5 Å². The molecule has 0 unspecified atom stereocenters. The average molecular weight is 471 g/mol.